The number of imide groups is 1. The number of hydrazone groups is 1. The number of carbonyl (C=O) groups excluding carboxylic acids is 3. The van der Waals surface area contributed by atoms with Crippen LogP contribution in [0.15, 0.2) is 108 Å². The number of anilines is 1. The van der Waals surface area contributed by atoms with Gasteiger partial charge in [0.05, 0.1) is 29.8 Å². The average Bonchev–Trinajstić information content (AvgIpc) is 3.46. The monoisotopic (exact) mass is 511 g/mol. The minimum absolute atomic E-state index is 0.212. The highest BCUT2D eigenvalue weighted by molar-refractivity contribution is 6.24. The molecule has 0 saturated carbocycles. The molecule has 6 heteroatoms. The molecule has 0 N–H and O–H groups in total. The van der Waals surface area contributed by atoms with Gasteiger partial charge in [-0.1, -0.05) is 96.6 Å². The fourth-order valence-corrected chi connectivity index (χ4v) is 6.25. The highest BCUT2D eigenvalue weighted by Crippen LogP contribution is 2.53. The quantitative estimate of drug-likeness (QED) is 0.271. The molecule has 3 heterocycles. The second-order valence-corrected chi connectivity index (χ2v) is 10.3. The van der Waals surface area contributed by atoms with Crippen LogP contribution >= 0.6 is 0 Å². The molecule has 0 spiro atoms. The Kier molecular flexibility index (Phi) is 5.30. The summed E-state index contributed by atoms with van der Waals surface area (Å²) in [5.41, 5.74) is 5.91. The third-order valence-electron chi connectivity index (χ3n) is 8.13. The van der Waals surface area contributed by atoms with Crippen LogP contribution in [0.25, 0.3) is 11.1 Å². The van der Waals surface area contributed by atoms with Crippen molar-refractivity contribution in [2.45, 2.75) is 19.0 Å². The number of amides is 2. The van der Waals surface area contributed by atoms with Crippen LogP contribution in [0, 0.1) is 18.8 Å². The molecule has 39 heavy (non-hydrogen) atoms. The lowest BCUT2D eigenvalue weighted by Crippen LogP contribution is -2.44. The summed E-state index contributed by atoms with van der Waals surface area (Å²) in [6, 6.07) is 31.1. The van der Waals surface area contributed by atoms with Gasteiger partial charge in [-0.2, -0.15) is 5.10 Å². The van der Waals surface area contributed by atoms with E-state index in [9.17, 15) is 14.4 Å². The summed E-state index contributed by atoms with van der Waals surface area (Å²) in [5, 5.41) is 6.35. The topological polar surface area (TPSA) is 70.1 Å². The molecule has 4 atom stereocenters. The summed E-state index contributed by atoms with van der Waals surface area (Å²) in [4.78, 5) is 43.4. The van der Waals surface area contributed by atoms with Crippen molar-refractivity contribution in [3.8, 4) is 11.1 Å². The van der Waals surface area contributed by atoms with Gasteiger partial charge in [0, 0.05) is 5.56 Å². The first-order valence-electron chi connectivity index (χ1n) is 13.1. The van der Waals surface area contributed by atoms with Crippen LogP contribution in [-0.2, 0) is 9.59 Å². The number of ketones is 1. The average molecular weight is 512 g/mol. The Balaban J connectivity index is 1.31. The molecule has 4 aromatic rings. The minimum Gasteiger partial charge on any atom is -0.292 e. The van der Waals surface area contributed by atoms with Gasteiger partial charge in [0.2, 0.25) is 11.8 Å². The fourth-order valence-electron chi connectivity index (χ4n) is 6.25. The van der Waals surface area contributed by atoms with Gasteiger partial charge in [-0.15, -0.1) is 0 Å². The Morgan fingerprint density at radius 2 is 1.36 bits per heavy atom. The molecular formula is C33H25N3O3. The molecule has 0 radical (unpaired) electrons. The molecule has 4 aromatic carbocycles. The summed E-state index contributed by atoms with van der Waals surface area (Å²) >= 11 is 0. The number of Topliss-reactive ketones (excluding diaryl/α,β-unsaturated/α-hetero) is 1. The molecule has 0 unspecified atom stereocenters. The number of fused-ring (bicyclic) bond motifs is 5. The second kappa shape index (κ2) is 8.88. The van der Waals surface area contributed by atoms with Gasteiger partial charge < -0.3 is 0 Å². The van der Waals surface area contributed by atoms with Crippen LogP contribution in [-0.4, -0.2) is 34.9 Å². The number of aryl methyl sites for hydroxylation is 1. The van der Waals surface area contributed by atoms with Crippen LogP contribution < -0.4 is 4.90 Å². The van der Waals surface area contributed by atoms with Crippen molar-refractivity contribution in [1.29, 1.82) is 0 Å². The molecular weight excluding hydrogens is 486 g/mol. The Labute approximate surface area is 226 Å². The Hall–Kier alpha value is -4.84. The van der Waals surface area contributed by atoms with Crippen molar-refractivity contribution < 1.29 is 14.4 Å². The molecule has 6 nitrogen and oxygen atoms in total. The Bertz CT molecular complexity index is 1640. The maximum atomic E-state index is 14.1. The first-order chi connectivity index (χ1) is 19.0. The molecule has 2 amide bonds. The van der Waals surface area contributed by atoms with Crippen LogP contribution in [0.3, 0.4) is 0 Å². The summed E-state index contributed by atoms with van der Waals surface area (Å²) < 4.78 is 0. The van der Waals surface area contributed by atoms with E-state index in [1.807, 2.05) is 85.8 Å². The smallest absolute Gasteiger partial charge is 0.240 e. The molecule has 3 aliphatic heterocycles. The van der Waals surface area contributed by atoms with Gasteiger partial charge in [0.1, 0.15) is 6.04 Å². The van der Waals surface area contributed by atoms with Crippen molar-refractivity contribution >= 4 is 29.5 Å². The first kappa shape index (κ1) is 23.3. The lowest BCUT2D eigenvalue weighted by atomic mass is 9.83. The van der Waals surface area contributed by atoms with Crippen molar-refractivity contribution in [2.24, 2.45) is 16.9 Å². The summed E-state index contributed by atoms with van der Waals surface area (Å²) in [5.74, 6) is -2.40. The van der Waals surface area contributed by atoms with E-state index in [2.05, 4.69) is 5.10 Å². The van der Waals surface area contributed by atoms with Crippen LogP contribution in [0.4, 0.5) is 5.69 Å². The van der Waals surface area contributed by atoms with Crippen LogP contribution in [0.5, 0.6) is 0 Å². The third kappa shape index (κ3) is 3.56. The third-order valence-corrected chi connectivity index (χ3v) is 8.13. The number of hydrogen-bond acceptors (Lipinski definition) is 5. The second-order valence-electron chi connectivity index (χ2n) is 10.3. The van der Waals surface area contributed by atoms with E-state index in [0.29, 0.717) is 11.3 Å². The standard InChI is InChI=1S/C33H25N3O3/c1-20-11-17-25(18-12-20)35-32(38)27-28(33(35)39)30(36-29(27)26-10-6-5-9-24(26)19-34-36)31(37)23-15-13-22(14-16-23)21-7-3-2-4-8-21/h2-19,27-30H,1H3/t27-,28-,29-,30+/m1/s1. The van der Waals surface area contributed by atoms with E-state index in [-0.39, 0.29) is 17.6 Å². The van der Waals surface area contributed by atoms with Crippen LogP contribution in [0.1, 0.15) is 33.1 Å². The van der Waals surface area contributed by atoms with Gasteiger partial charge >= 0.3 is 0 Å². The van der Waals surface area contributed by atoms with Crippen molar-refractivity contribution in [1.82, 2.24) is 5.01 Å². The van der Waals surface area contributed by atoms with Gasteiger partial charge in [0.15, 0.2) is 5.78 Å². The van der Waals surface area contributed by atoms with Gasteiger partial charge in [-0.05, 0) is 41.3 Å². The van der Waals surface area contributed by atoms with E-state index in [1.165, 1.54) is 4.90 Å². The normalized spacial score (nSPS) is 23.0. The highest BCUT2D eigenvalue weighted by Gasteiger charge is 2.65. The number of carbonyl (C=O) groups is 3. The summed E-state index contributed by atoms with van der Waals surface area (Å²) in [6.07, 6.45) is 1.72. The molecule has 3 aliphatic rings. The van der Waals surface area contributed by atoms with Gasteiger partial charge in [-0.25, -0.2) is 4.90 Å². The van der Waals surface area contributed by atoms with E-state index >= 15 is 0 Å². The molecule has 0 aliphatic carbocycles. The highest BCUT2D eigenvalue weighted by atomic mass is 16.2. The summed E-state index contributed by atoms with van der Waals surface area (Å²) in [7, 11) is 0. The zero-order chi connectivity index (χ0) is 26.7. The number of rotatable bonds is 4. The predicted octanol–water partition coefficient (Wildman–Crippen LogP) is 5.42. The first-order valence-corrected chi connectivity index (χ1v) is 13.1. The largest absolute Gasteiger partial charge is 0.292 e. The fraction of sp³-hybridized carbons (Fsp3) is 0.152. The van der Waals surface area contributed by atoms with Crippen molar-refractivity contribution in [2.75, 3.05) is 4.90 Å². The molecule has 0 bridgehead atoms. The van der Waals surface area contributed by atoms with Gasteiger partial charge in [-0.3, -0.25) is 19.4 Å². The number of nitrogens with zero attached hydrogens (tertiary/aromatic N) is 3. The maximum Gasteiger partial charge on any atom is 0.240 e. The van der Waals surface area contributed by atoms with E-state index in [0.717, 1.165) is 27.8 Å². The van der Waals surface area contributed by atoms with E-state index in [1.54, 1.807) is 35.5 Å². The molecule has 7 rings (SSSR count). The molecule has 190 valence electrons. The Morgan fingerprint density at radius 1 is 0.718 bits per heavy atom. The SMILES string of the molecule is Cc1ccc(N2C(=O)[C@@H]3[C@@H](C2=O)[C@H]2c4ccccc4C=NN2[C@@H]3C(=O)c2ccc(-c3ccccc3)cc2)cc1. The van der Waals surface area contributed by atoms with Crippen LogP contribution in [0.2, 0.25) is 0 Å². The lowest BCUT2D eigenvalue weighted by molar-refractivity contribution is -0.124. The lowest BCUT2D eigenvalue weighted by Gasteiger charge is -2.33. The Morgan fingerprint density at radius 3 is 2.10 bits per heavy atom. The van der Waals surface area contributed by atoms with Crippen molar-refractivity contribution in [3.63, 3.8) is 0 Å². The van der Waals surface area contributed by atoms with Crippen molar-refractivity contribution in [3.05, 3.63) is 125 Å². The molecule has 0 aromatic heterocycles. The predicted molar refractivity (Wildman–Crippen MR) is 149 cm³/mol. The number of benzene rings is 4. The molecule has 2 saturated heterocycles. The number of hydrogen-bond donors (Lipinski definition) is 0. The maximum absolute atomic E-state index is 14.1. The van der Waals surface area contributed by atoms with E-state index in [4.69, 9.17) is 0 Å². The summed E-state index contributed by atoms with van der Waals surface area (Å²) in [6.45, 7) is 1.96. The molecule has 2 fully saturated rings. The van der Waals surface area contributed by atoms with Gasteiger partial charge in [0.25, 0.3) is 0 Å². The zero-order valence-corrected chi connectivity index (χ0v) is 21.3. The minimum atomic E-state index is -0.890. The zero-order valence-electron chi connectivity index (χ0n) is 21.3. The van der Waals surface area contributed by atoms with E-state index < -0.39 is 23.9 Å².